The van der Waals surface area contributed by atoms with Crippen molar-refractivity contribution in [1.82, 2.24) is 4.98 Å². The molecule has 104 valence electrons. The lowest BCUT2D eigenvalue weighted by atomic mass is 9.79. The molecule has 0 fully saturated rings. The van der Waals surface area contributed by atoms with E-state index >= 15 is 0 Å². The molecule has 5 heteroatoms. The fraction of sp³-hybridized carbons (Fsp3) is 0.333. The number of nitro groups is 1. The maximum atomic E-state index is 11.4. The quantitative estimate of drug-likeness (QED) is 0.511. The molecular weight excluding hydrogens is 256 g/mol. The number of nitrogens with zero attached hydrogens (tertiary/aromatic N) is 1. The zero-order valence-electron chi connectivity index (χ0n) is 11.2. The Labute approximate surface area is 116 Å². The second kappa shape index (κ2) is 4.76. The lowest BCUT2D eigenvalue weighted by molar-refractivity contribution is -0.524. The summed E-state index contributed by atoms with van der Waals surface area (Å²) in [5.74, 6) is -0.288. The molecule has 0 spiro atoms. The average Bonchev–Trinajstić information content (AvgIpc) is 2.85. The minimum absolute atomic E-state index is 0.0725. The van der Waals surface area contributed by atoms with Crippen LogP contribution in [0.25, 0.3) is 10.9 Å². The van der Waals surface area contributed by atoms with Crippen LogP contribution in [-0.2, 0) is 6.42 Å². The van der Waals surface area contributed by atoms with Gasteiger partial charge in [-0.05, 0) is 24.1 Å². The smallest absolute Gasteiger partial charge is 0.227 e. The molecule has 0 amide bonds. The summed E-state index contributed by atoms with van der Waals surface area (Å²) in [6.07, 6.45) is 4.12. The molecule has 1 heterocycles. The van der Waals surface area contributed by atoms with Crippen molar-refractivity contribution in [1.29, 1.82) is 0 Å². The van der Waals surface area contributed by atoms with E-state index in [4.69, 9.17) is 0 Å². The highest BCUT2D eigenvalue weighted by Crippen LogP contribution is 2.39. The monoisotopic (exact) mass is 272 g/mol. The van der Waals surface area contributed by atoms with Gasteiger partial charge in [-0.15, -0.1) is 0 Å². The third-order valence-corrected chi connectivity index (χ3v) is 4.01. The van der Waals surface area contributed by atoms with Crippen molar-refractivity contribution in [3.8, 4) is 0 Å². The highest BCUT2D eigenvalue weighted by Gasteiger charge is 2.37. The summed E-state index contributed by atoms with van der Waals surface area (Å²) in [6, 6.07) is 5.16. The molecule has 0 radical (unpaired) electrons. The van der Waals surface area contributed by atoms with Crippen LogP contribution in [0.3, 0.4) is 0 Å². The van der Waals surface area contributed by atoms with Crippen LogP contribution >= 0.6 is 0 Å². The fourth-order valence-corrected chi connectivity index (χ4v) is 3.05. The van der Waals surface area contributed by atoms with Crippen molar-refractivity contribution in [3.05, 3.63) is 57.3 Å². The summed E-state index contributed by atoms with van der Waals surface area (Å²) in [6.45, 7) is 1.72. The van der Waals surface area contributed by atoms with Crippen molar-refractivity contribution < 1.29 is 10.0 Å². The zero-order valence-corrected chi connectivity index (χ0v) is 11.2. The zero-order chi connectivity index (χ0) is 14.3. The van der Waals surface area contributed by atoms with E-state index in [1.807, 2.05) is 30.5 Å². The number of benzene rings is 1. The Morgan fingerprint density at radius 3 is 3.10 bits per heavy atom. The van der Waals surface area contributed by atoms with Crippen LogP contribution in [0.5, 0.6) is 0 Å². The number of aliphatic hydroxyl groups is 1. The molecule has 2 aromatic rings. The van der Waals surface area contributed by atoms with E-state index in [1.54, 1.807) is 6.92 Å². The SMILES string of the molecule is C/C(=C\[C@H]1c2cccc3[nH]cc(c23)C[C@@H]1[N+](=O)[O-])CO. The van der Waals surface area contributed by atoms with E-state index in [1.165, 1.54) is 0 Å². The Hall–Kier alpha value is -2.14. The van der Waals surface area contributed by atoms with Gasteiger partial charge < -0.3 is 10.1 Å². The minimum Gasteiger partial charge on any atom is -0.392 e. The van der Waals surface area contributed by atoms with E-state index in [0.29, 0.717) is 6.42 Å². The molecule has 2 N–H and O–H groups in total. The second-order valence-corrected chi connectivity index (χ2v) is 5.34. The standard InChI is InChI=1S/C15H16N2O3/c1-9(8-18)5-12-11-3-2-4-13-15(11)10(7-16-13)6-14(12)17(19)20/h2-5,7,12,14,16,18H,6,8H2,1H3/b9-5+/t12-,14-/m0/s1. The van der Waals surface area contributed by atoms with Gasteiger partial charge in [-0.2, -0.15) is 0 Å². The molecule has 1 aromatic carbocycles. The van der Waals surface area contributed by atoms with Gasteiger partial charge >= 0.3 is 0 Å². The van der Waals surface area contributed by atoms with Crippen molar-refractivity contribution in [2.45, 2.75) is 25.3 Å². The number of H-pyrrole nitrogens is 1. The van der Waals surface area contributed by atoms with Gasteiger partial charge in [0.25, 0.3) is 0 Å². The molecule has 1 aliphatic carbocycles. The summed E-state index contributed by atoms with van der Waals surface area (Å²) in [5.41, 5.74) is 3.75. The first-order valence-corrected chi connectivity index (χ1v) is 6.62. The second-order valence-electron chi connectivity index (χ2n) is 5.34. The van der Waals surface area contributed by atoms with Gasteiger partial charge in [-0.3, -0.25) is 10.1 Å². The van der Waals surface area contributed by atoms with Crippen LogP contribution < -0.4 is 0 Å². The van der Waals surface area contributed by atoms with E-state index in [9.17, 15) is 15.2 Å². The Kier molecular flexibility index (Phi) is 3.06. The lowest BCUT2D eigenvalue weighted by Crippen LogP contribution is -2.31. The third-order valence-electron chi connectivity index (χ3n) is 4.01. The maximum absolute atomic E-state index is 11.4. The summed E-state index contributed by atoms with van der Waals surface area (Å²) in [4.78, 5) is 14.4. The first kappa shape index (κ1) is 12.9. The van der Waals surface area contributed by atoms with Crippen LogP contribution in [0.15, 0.2) is 36.0 Å². The summed E-state index contributed by atoms with van der Waals surface area (Å²) >= 11 is 0. The van der Waals surface area contributed by atoms with Crippen molar-refractivity contribution in [2.75, 3.05) is 6.61 Å². The predicted octanol–water partition coefficient (Wildman–Crippen LogP) is 2.39. The van der Waals surface area contributed by atoms with Gasteiger partial charge in [-0.1, -0.05) is 23.8 Å². The van der Waals surface area contributed by atoms with Crippen LogP contribution in [0.4, 0.5) is 0 Å². The summed E-state index contributed by atoms with van der Waals surface area (Å²) in [5, 5.41) is 21.7. The fourth-order valence-electron chi connectivity index (χ4n) is 3.05. The first-order valence-electron chi connectivity index (χ1n) is 6.62. The van der Waals surface area contributed by atoms with Crippen molar-refractivity contribution >= 4 is 10.9 Å². The minimum atomic E-state index is -0.676. The number of aliphatic hydroxyl groups excluding tert-OH is 1. The number of aromatic amines is 1. The van der Waals surface area contributed by atoms with Gasteiger partial charge in [0.15, 0.2) is 0 Å². The molecule has 0 saturated heterocycles. The average molecular weight is 272 g/mol. The van der Waals surface area contributed by atoms with Gasteiger partial charge in [0.1, 0.15) is 0 Å². The summed E-state index contributed by atoms with van der Waals surface area (Å²) < 4.78 is 0. The molecule has 5 nitrogen and oxygen atoms in total. The number of hydrogen-bond acceptors (Lipinski definition) is 3. The molecule has 1 aromatic heterocycles. The van der Waals surface area contributed by atoms with E-state index in [2.05, 4.69) is 4.98 Å². The van der Waals surface area contributed by atoms with E-state index in [0.717, 1.165) is 27.6 Å². The highest BCUT2D eigenvalue weighted by atomic mass is 16.6. The summed E-state index contributed by atoms with van der Waals surface area (Å²) in [7, 11) is 0. The molecule has 0 unspecified atom stereocenters. The normalized spacial score (nSPS) is 22.2. The Bertz CT molecular complexity index is 702. The molecular formula is C15H16N2O3. The van der Waals surface area contributed by atoms with Crippen LogP contribution in [0, 0.1) is 10.1 Å². The third kappa shape index (κ3) is 1.91. The van der Waals surface area contributed by atoms with Gasteiger partial charge in [0, 0.05) is 28.4 Å². The van der Waals surface area contributed by atoms with Gasteiger partial charge in [0.2, 0.25) is 6.04 Å². The molecule has 0 saturated carbocycles. The largest absolute Gasteiger partial charge is 0.392 e. The van der Waals surface area contributed by atoms with Crippen LogP contribution in [-0.4, -0.2) is 27.7 Å². The topological polar surface area (TPSA) is 79.2 Å². The molecule has 3 rings (SSSR count). The van der Waals surface area contributed by atoms with E-state index in [-0.39, 0.29) is 17.4 Å². The Morgan fingerprint density at radius 2 is 2.40 bits per heavy atom. The number of nitrogens with one attached hydrogen (secondary N) is 1. The molecule has 20 heavy (non-hydrogen) atoms. The van der Waals surface area contributed by atoms with Gasteiger partial charge in [-0.25, -0.2) is 0 Å². The lowest BCUT2D eigenvalue weighted by Gasteiger charge is -2.24. The first-order chi connectivity index (χ1) is 9.61. The highest BCUT2D eigenvalue weighted by molar-refractivity contribution is 5.88. The van der Waals surface area contributed by atoms with Crippen molar-refractivity contribution in [2.24, 2.45) is 0 Å². The van der Waals surface area contributed by atoms with Crippen LogP contribution in [0.1, 0.15) is 24.0 Å². The van der Waals surface area contributed by atoms with E-state index < -0.39 is 6.04 Å². The number of hydrogen-bond donors (Lipinski definition) is 2. The number of rotatable bonds is 3. The Balaban J connectivity index is 2.21. The molecule has 1 aliphatic rings. The predicted molar refractivity (Wildman–Crippen MR) is 76.4 cm³/mol. The van der Waals surface area contributed by atoms with Crippen molar-refractivity contribution in [3.63, 3.8) is 0 Å². The number of aromatic nitrogens is 1. The van der Waals surface area contributed by atoms with Gasteiger partial charge in [0.05, 0.1) is 12.5 Å². The molecule has 0 aliphatic heterocycles. The molecule has 2 atom stereocenters. The Morgan fingerprint density at radius 1 is 1.60 bits per heavy atom. The molecule has 0 bridgehead atoms. The van der Waals surface area contributed by atoms with Crippen LogP contribution in [0.2, 0.25) is 0 Å². The maximum Gasteiger partial charge on any atom is 0.227 e.